The lowest BCUT2D eigenvalue weighted by atomic mass is 10.0. The van der Waals surface area contributed by atoms with Crippen LogP contribution in [0.5, 0.6) is 5.75 Å². The van der Waals surface area contributed by atoms with Gasteiger partial charge in [0, 0.05) is 6.20 Å². The highest BCUT2D eigenvalue weighted by Crippen LogP contribution is 2.28. The third-order valence-electron chi connectivity index (χ3n) is 4.60. The Morgan fingerprint density at radius 1 is 1.12 bits per heavy atom. The van der Waals surface area contributed by atoms with E-state index in [0.29, 0.717) is 11.4 Å². The number of carbonyl (C=O) groups excluding carboxylic acids is 3. The molecule has 0 fully saturated rings. The van der Waals surface area contributed by atoms with Crippen LogP contribution in [0.1, 0.15) is 24.2 Å². The van der Waals surface area contributed by atoms with Crippen molar-refractivity contribution in [3.05, 3.63) is 59.4 Å². The number of para-hydroxylation sites is 2. The summed E-state index contributed by atoms with van der Waals surface area (Å²) in [6.45, 7) is 3.16. The van der Waals surface area contributed by atoms with Gasteiger partial charge in [-0.15, -0.1) is 0 Å². The first-order valence-corrected chi connectivity index (χ1v) is 9.94. The van der Waals surface area contributed by atoms with Crippen LogP contribution in [0.2, 0.25) is 0 Å². The molecule has 0 aliphatic carbocycles. The standard InChI is InChI=1S/C22H24N4O6/c1-4-31-21(28)18-13(2)24-22(29)26-16(18)12-32-20(27)14-8-7-11-23-19(14)25-15-9-5-6-10-17(15)30-3/h5-11,13H,4,12H2,1-3H3,(H,23,25)(H2,24,26,29). The molecule has 1 aliphatic rings. The van der Waals surface area contributed by atoms with E-state index < -0.39 is 24.0 Å². The first-order chi connectivity index (χ1) is 15.4. The summed E-state index contributed by atoms with van der Waals surface area (Å²) in [6, 6.07) is 9.24. The lowest BCUT2D eigenvalue weighted by Gasteiger charge is -2.26. The molecule has 2 amide bonds. The summed E-state index contributed by atoms with van der Waals surface area (Å²) < 4.78 is 15.8. The summed E-state index contributed by atoms with van der Waals surface area (Å²) in [4.78, 5) is 41.2. The second-order valence-corrected chi connectivity index (χ2v) is 6.73. The molecular formula is C22H24N4O6. The fourth-order valence-electron chi connectivity index (χ4n) is 3.15. The van der Waals surface area contributed by atoms with E-state index in [4.69, 9.17) is 14.2 Å². The topological polar surface area (TPSA) is 128 Å². The zero-order valence-corrected chi connectivity index (χ0v) is 17.9. The number of nitrogens with zero attached hydrogens (tertiary/aromatic N) is 1. The third kappa shape index (κ3) is 5.15. The fourth-order valence-corrected chi connectivity index (χ4v) is 3.15. The lowest BCUT2D eigenvalue weighted by molar-refractivity contribution is -0.139. The van der Waals surface area contributed by atoms with Gasteiger partial charge in [0.1, 0.15) is 23.7 Å². The van der Waals surface area contributed by atoms with Crippen molar-refractivity contribution in [2.45, 2.75) is 19.9 Å². The summed E-state index contributed by atoms with van der Waals surface area (Å²) in [6.07, 6.45) is 1.53. The van der Waals surface area contributed by atoms with Crippen molar-refractivity contribution in [2.24, 2.45) is 0 Å². The Morgan fingerprint density at radius 2 is 1.91 bits per heavy atom. The maximum atomic E-state index is 12.8. The summed E-state index contributed by atoms with van der Waals surface area (Å²) in [5.74, 6) is -0.442. The number of amides is 2. The number of methoxy groups -OCH3 is 1. The SMILES string of the molecule is CCOC(=O)C1=C(COC(=O)c2cccnc2Nc2ccccc2OC)NC(=O)NC1C. The van der Waals surface area contributed by atoms with Gasteiger partial charge in [0.2, 0.25) is 0 Å². The highest BCUT2D eigenvalue weighted by molar-refractivity contribution is 5.97. The van der Waals surface area contributed by atoms with Gasteiger partial charge in [-0.1, -0.05) is 12.1 Å². The minimum absolute atomic E-state index is 0.163. The number of rotatable bonds is 8. The van der Waals surface area contributed by atoms with E-state index in [9.17, 15) is 14.4 Å². The summed E-state index contributed by atoms with van der Waals surface area (Å²) >= 11 is 0. The van der Waals surface area contributed by atoms with Gasteiger partial charge in [0.05, 0.1) is 36.7 Å². The number of ether oxygens (including phenoxy) is 3. The van der Waals surface area contributed by atoms with E-state index in [1.165, 1.54) is 13.3 Å². The molecule has 1 unspecified atom stereocenters. The molecule has 0 spiro atoms. The fraction of sp³-hybridized carbons (Fsp3) is 0.273. The van der Waals surface area contributed by atoms with Crippen molar-refractivity contribution in [1.82, 2.24) is 15.6 Å². The number of carbonyl (C=O) groups is 3. The van der Waals surface area contributed by atoms with Crippen molar-refractivity contribution in [3.8, 4) is 5.75 Å². The van der Waals surface area contributed by atoms with Gasteiger partial charge >= 0.3 is 18.0 Å². The average molecular weight is 440 g/mol. The zero-order chi connectivity index (χ0) is 23.1. The van der Waals surface area contributed by atoms with Crippen molar-refractivity contribution in [3.63, 3.8) is 0 Å². The Kier molecular flexibility index (Phi) is 7.27. The first-order valence-electron chi connectivity index (χ1n) is 9.94. The Labute approximate surface area is 185 Å². The highest BCUT2D eigenvalue weighted by Gasteiger charge is 2.30. The Balaban J connectivity index is 1.81. The van der Waals surface area contributed by atoms with Crippen molar-refractivity contribution < 1.29 is 28.6 Å². The monoisotopic (exact) mass is 440 g/mol. The van der Waals surface area contributed by atoms with Crippen LogP contribution in [0.25, 0.3) is 0 Å². The van der Waals surface area contributed by atoms with Crippen LogP contribution in [-0.4, -0.2) is 49.3 Å². The first kappa shape index (κ1) is 22.6. The van der Waals surface area contributed by atoms with Gasteiger partial charge in [-0.3, -0.25) is 0 Å². The maximum absolute atomic E-state index is 12.8. The number of urea groups is 1. The van der Waals surface area contributed by atoms with E-state index in [-0.39, 0.29) is 35.9 Å². The summed E-state index contributed by atoms with van der Waals surface area (Å²) in [5.41, 5.74) is 1.15. The normalized spacial score (nSPS) is 15.3. The van der Waals surface area contributed by atoms with Gasteiger partial charge in [-0.25, -0.2) is 19.4 Å². The number of aromatic nitrogens is 1. The van der Waals surface area contributed by atoms with Gasteiger partial charge in [-0.2, -0.15) is 0 Å². The third-order valence-corrected chi connectivity index (χ3v) is 4.60. The van der Waals surface area contributed by atoms with Crippen molar-refractivity contribution >= 4 is 29.5 Å². The van der Waals surface area contributed by atoms with Crippen molar-refractivity contribution in [1.29, 1.82) is 0 Å². The van der Waals surface area contributed by atoms with Gasteiger partial charge in [0.25, 0.3) is 0 Å². The van der Waals surface area contributed by atoms with Crippen LogP contribution >= 0.6 is 0 Å². The molecule has 0 radical (unpaired) electrons. The predicted octanol–water partition coefficient (Wildman–Crippen LogP) is 2.51. The van der Waals surface area contributed by atoms with E-state index in [2.05, 4.69) is 20.9 Å². The second-order valence-electron chi connectivity index (χ2n) is 6.73. The smallest absolute Gasteiger partial charge is 0.342 e. The molecular weight excluding hydrogens is 416 g/mol. The van der Waals surface area contributed by atoms with Crippen molar-refractivity contribution in [2.75, 3.05) is 25.6 Å². The maximum Gasteiger partial charge on any atom is 0.342 e. The Bertz CT molecular complexity index is 1050. The molecule has 1 aromatic heterocycles. The zero-order valence-electron chi connectivity index (χ0n) is 17.9. The molecule has 3 N–H and O–H groups in total. The van der Waals surface area contributed by atoms with Crippen LogP contribution in [-0.2, 0) is 14.3 Å². The van der Waals surface area contributed by atoms with Crippen LogP contribution in [0.4, 0.5) is 16.3 Å². The van der Waals surface area contributed by atoms with Crippen LogP contribution in [0, 0.1) is 0 Å². The summed E-state index contributed by atoms with van der Waals surface area (Å²) in [7, 11) is 1.54. The quantitative estimate of drug-likeness (QED) is 0.534. The number of nitrogens with one attached hydrogen (secondary N) is 3. The molecule has 3 rings (SSSR count). The molecule has 10 nitrogen and oxygen atoms in total. The molecule has 0 saturated carbocycles. The Morgan fingerprint density at radius 3 is 2.66 bits per heavy atom. The Hall–Kier alpha value is -4.08. The second kappa shape index (κ2) is 10.3. The number of hydrogen-bond acceptors (Lipinski definition) is 8. The van der Waals surface area contributed by atoms with Crippen LogP contribution < -0.4 is 20.7 Å². The molecule has 10 heteroatoms. The molecule has 32 heavy (non-hydrogen) atoms. The number of pyridine rings is 1. The van der Waals surface area contributed by atoms with Crippen LogP contribution in [0.15, 0.2) is 53.9 Å². The molecule has 168 valence electrons. The molecule has 1 atom stereocenters. The number of anilines is 2. The highest BCUT2D eigenvalue weighted by atomic mass is 16.5. The molecule has 0 bridgehead atoms. The lowest BCUT2D eigenvalue weighted by Crippen LogP contribution is -2.50. The molecule has 1 aliphatic heterocycles. The van der Waals surface area contributed by atoms with Gasteiger partial charge < -0.3 is 30.2 Å². The van der Waals surface area contributed by atoms with E-state index >= 15 is 0 Å². The minimum atomic E-state index is -0.688. The number of esters is 2. The number of benzene rings is 1. The average Bonchev–Trinajstić information content (AvgIpc) is 2.78. The molecule has 1 aromatic carbocycles. The van der Waals surface area contributed by atoms with Crippen LogP contribution in [0.3, 0.4) is 0 Å². The molecule has 2 aromatic rings. The molecule has 2 heterocycles. The van der Waals surface area contributed by atoms with Gasteiger partial charge in [0.15, 0.2) is 0 Å². The summed E-state index contributed by atoms with van der Waals surface area (Å²) in [5, 5.41) is 8.17. The predicted molar refractivity (Wildman–Crippen MR) is 116 cm³/mol. The largest absolute Gasteiger partial charge is 0.495 e. The van der Waals surface area contributed by atoms with E-state index in [1.54, 1.807) is 38.1 Å². The minimum Gasteiger partial charge on any atom is -0.495 e. The number of hydrogen-bond donors (Lipinski definition) is 3. The van der Waals surface area contributed by atoms with E-state index in [1.807, 2.05) is 12.1 Å². The molecule has 0 saturated heterocycles. The van der Waals surface area contributed by atoms with Gasteiger partial charge in [-0.05, 0) is 38.1 Å². The van der Waals surface area contributed by atoms with E-state index in [0.717, 1.165) is 0 Å².